The molecule has 0 amide bonds. The van der Waals surface area contributed by atoms with Crippen LogP contribution in [-0.4, -0.2) is 19.9 Å². The summed E-state index contributed by atoms with van der Waals surface area (Å²) in [7, 11) is -3.56. The van der Waals surface area contributed by atoms with E-state index in [0.717, 1.165) is 19.3 Å². The van der Waals surface area contributed by atoms with Crippen LogP contribution in [0.1, 0.15) is 45.4 Å². The maximum Gasteiger partial charge on any atom is 0.244 e. The Bertz CT molecular complexity index is 491. The Labute approximate surface area is 121 Å². The van der Waals surface area contributed by atoms with Gasteiger partial charge in [0.2, 0.25) is 10.0 Å². The predicted octanol–water partition coefficient (Wildman–Crippen LogP) is 2.01. The van der Waals surface area contributed by atoms with Gasteiger partial charge in [-0.25, -0.2) is 24.0 Å². The molecule has 0 bridgehead atoms. The number of anilines is 1. The van der Waals surface area contributed by atoms with E-state index >= 15 is 0 Å². The molecule has 1 aromatic heterocycles. The minimum atomic E-state index is -3.56. The maximum atomic E-state index is 12.1. The van der Waals surface area contributed by atoms with Gasteiger partial charge in [-0.15, -0.1) is 0 Å². The summed E-state index contributed by atoms with van der Waals surface area (Å²) >= 11 is 0. The van der Waals surface area contributed by atoms with Gasteiger partial charge >= 0.3 is 0 Å². The number of sulfonamides is 1. The van der Waals surface area contributed by atoms with E-state index in [9.17, 15) is 8.42 Å². The zero-order valence-electron chi connectivity index (χ0n) is 11.9. The van der Waals surface area contributed by atoms with Crippen molar-refractivity contribution < 1.29 is 8.42 Å². The molecule has 1 aromatic rings. The number of hydrogen-bond donors (Lipinski definition) is 3. The van der Waals surface area contributed by atoms with Crippen molar-refractivity contribution >= 4 is 15.8 Å². The van der Waals surface area contributed by atoms with E-state index in [2.05, 4.69) is 22.1 Å². The molecule has 0 aliphatic rings. The van der Waals surface area contributed by atoms with Crippen molar-refractivity contribution in [2.24, 2.45) is 5.84 Å². The number of hydrazine groups is 1. The third-order valence-electron chi connectivity index (χ3n) is 3.02. The van der Waals surface area contributed by atoms with E-state index in [1.54, 1.807) is 6.07 Å². The van der Waals surface area contributed by atoms with E-state index in [4.69, 9.17) is 5.84 Å². The Hall–Kier alpha value is -1.18. The number of nitrogen functional groups attached to an aromatic ring is 1. The lowest BCUT2D eigenvalue weighted by Crippen LogP contribution is -2.26. The number of unbranched alkanes of at least 4 members (excludes halogenated alkanes) is 5. The van der Waals surface area contributed by atoms with Crippen LogP contribution in [0, 0.1) is 0 Å². The minimum Gasteiger partial charge on any atom is -0.307 e. The van der Waals surface area contributed by atoms with Crippen molar-refractivity contribution in [3.8, 4) is 0 Å². The molecule has 20 heavy (non-hydrogen) atoms. The lowest BCUT2D eigenvalue weighted by atomic mass is 10.1. The molecule has 0 fully saturated rings. The van der Waals surface area contributed by atoms with Gasteiger partial charge in [-0.05, 0) is 18.6 Å². The fraction of sp³-hybridized carbons (Fsp3) is 0.615. The zero-order chi connectivity index (χ0) is 14.8. The van der Waals surface area contributed by atoms with Gasteiger partial charge in [-0.1, -0.05) is 39.0 Å². The second kappa shape index (κ2) is 8.89. The molecule has 0 spiro atoms. The Morgan fingerprint density at radius 3 is 2.60 bits per heavy atom. The first kappa shape index (κ1) is 16.9. The molecule has 0 aliphatic carbocycles. The van der Waals surface area contributed by atoms with Gasteiger partial charge in [0.15, 0.2) is 5.82 Å². The molecule has 114 valence electrons. The highest BCUT2D eigenvalue weighted by atomic mass is 32.2. The van der Waals surface area contributed by atoms with Crippen LogP contribution < -0.4 is 16.0 Å². The number of nitrogens with one attached hydrogen (secondary N) is 2. The lowest BCUT2D eigenvalue weighted by Gasteiger charge is -2.09. The first-order chi connectivity index (χ1) is 9.61. The van der Waals surface area contributed by atoms with Crippen molar-refractivity contribution in [1.29, 1.82) is 0 Å². The second-order valence-corrected chi connectivity index (χ2v) is 6.40. The quantitative estimate of drug-likeness (QED) is 0.349. The predicted molar refractivity (Wildman–Crippen MR) is 80.6 cm³/mol. The van der Waals surface area contributed by atoms with Crippen LogP contribution in [0.4, 0.5) is 5.82 Å². The van der Waals surface area contributed by atoms with Crippen molar-refractivity contribution in [1.82, 2.24) is 9.71 Å². The Morgan fingerprint density at radius 1 is 1.20 bits per heavy atom. The van der Waals surface area contributed by atoms with E-state index in [1.807, 2.05) is 0 Å². The van der Waals surface area contributed by atoms with Gasteiger partial charge in [0, 0.05) is 12.7 Å². The van der Waals surface area contributed by atoms with Crippen molar-refractivity contribution in [3.05, 3.63) is 18.3 Å². The molecule has 0 unspecified atom stereocenters. The van der Waals surface area contributed by atoms with E-state index in [1.165, 1.54) is 31.5 Å². The first-order valence-electron chi connectivity index (χ1n) is 7.03. The highest BCUT2D eigenvalue weighted by Crippen LogP contribution is 2.16. The summed E-state index contributed by atoms with van der Waals surface area (Å²) in [6.45, 7) is 2.61. The summed E-state index contributed by atoms with van der Waals surface area (Å²) in [6.07, 6.45) is 8.19. The highest BCUT2D eigenvalue weighted by Gasteiger charge is 2.17. The van der Waals surface area contributed by atoms with Gasteiger partial charge in [0.25, 0.3) is 0 Å². The molecule has 1 rings (SSSR count). The molecular weight excluding hydrogens is 276 g/mol. The first-order valence-corrected chi connectivity index (χ1v) is 8.51. The third kappa shape index (κ3) is 5.44. The normalized spacial score (nSPS) is 11.5. The van der Waals surface area contributed by atoms with E-state index < -0.39 is 10.0 Å². The number of rotatable bonds is 10. The fourth-order valence-corrected chi connectivity index (χ4v) is 3.10. The number of nitrogens with two attached hydrogens (primary N) is 1. The summed E-state index contributed by atoms with van der Waals surface area (Å²) < 4.78 is 26.8. The van der Waals surface area contributed by atoms with Gasteiger partial charge in [0.05, 0.1) is 0 Å². The summed E-state index contributed by atoms with van der Waals surface area (Å²) in [6, 6.07) is 3.05. The average molecular weight is 300 g/mol. The Balaban J connectivity index is 2.42. The van der Waals surface area contributed by atoms with E-state index in [-0.39, 0.29) is 10.7 Å². The number of pyridine rings is 1. The van der Waals surface area contributed by atoms with Crippen molar-refractivity contribution in [3.63, 3.8) is 0 Å². The third-order valence-corrected chi connectivity index (χ3v) is 4.51. The molecule has 0 aromatic carbocycles. The van der Waals surface area contributed by atoms with Crippen LogP contribution in [0.5, 0.6) is 0 Å². The van der Waals surface area contributed by atoms with Crippen molar-refractivity contribution in [2.45, 2.75) is 50.3 Å². The Kier molecular flexibility index (Phi) is 7.50. The molecular formula is C13H24N4O2S. The van der Waals surface area contributed by atoms with Crippen LogP contribution in [0.25, 0.3) is 0 Å². The molecule has 0 atom stereocenters. The van der Waals surface area contributed by atoms with Crippen LogP contribution >= 0.6 is 0 Å². The van der Waals surface area contributed by atoms with Gasteiger partial charge < -0.3 is 5.43 Å². The van der Waals surface area contributed by atoms with Gasteiger partial charge in [-0.2, -0.15) is 0 Å². The smallest absolute Gasteiger partial charge is 0.244 e. The standard InChI is InChI=1S/C13H24N4O2S/c1-2-3-4-5-6-7-11-16-20(18,19)12-9-8-10-15-13(12)17-14/h8-10,16H,2-7,11,14H2,1H3,(H,15,17). The van der Waals surface area contributed by atoms with Crippen LogP contribution in [0.3, 0.4) is 0 Å². The molecule has 0 radical (unpaired) electrons. The topological polar surface area (TPSA) is 97.1 Å². The SMILES string of the molecule is CCCCCCCCNS(=O)(=O)c1cccnc1NN. The summed E-state index contributed by atoms with van der Waals surface area (Å²) in [5, 5.41) is 0. The zero-order valence-corrected chi connectivity index (χ0v) is 12.7. The van der Waals surface area contributed by atoms with Crippen LogP contribution in [-0.2, 0) is 10.0 Å². The lowest BCUT2D eigenvalue weighted by molar-refractivity contribution is 0.567. The summed E-state index contributed by atoms with van der Waals surface area (Å²) in [5.74, 6) is 5.42. The highest BCUT2D eigenvalue weighted by molar-refractivity contribution is 7.89. The molecule has 7 heteroatoms. The molecule has 1 heterocycles. The Morgan fingerprint density at radius 2 is 1.90 bits per heavy atom. The second-order valence-electron chi connectivity index (χ2n) is 4.66. The molecule has 0 saturated carbocycles. The molecule has 0 aliphatic heterocycles. The fourth-order valence-electron chi connectivity index (χ4n) is 1.91. The van der Waals surface area contributed by atoms with Crippen LogP contribution in [0.15, 0.2) is 23.2 Å². The van der Waals surface area contributed by atoms with Crippen LogP contribution in [0.2, 0.25) is 0 Å². The van der Waals surface area contributed by atoms with Gasteiger partial charge in [0.1, 0.15) is 4.90 Å². The molecule has 4 N–H and O–H groups in total. The maximum absolute atomic E-state index is 12.1. The monoisotopic (exact) mass is 300 g/mol. The largest absolute Gasteiger partial charge is 0.307 e. The number of nitrogens with zero attached hydrogens (tertiary/aromatic N) is 1. The van der Waals surface area contributed by atoms with Gasteiger partial charge in [-0.3, -0.25) is 0 Å². The molecule has 6 nitrogen and oxygen atoms in total. The number of aromatic nitrogens is 1. The average Bonchev–Trinajstić information content (AvgIpc) is 2.46. The summed E-state index contributed by atoms with van der Waals surface area (Å²) in [4.78, 5) is 3.96. The van der Waals surface area contributed by atoms with E-state index in [0.29, 0.717) is 6.54 Å². The molecule has 0 saturated heterocycles. The minimum absolute atomic E-state index is 0.0773. The number of hydrogen-bond acceptors (Lipinski definition) is 5. The van der Waals surface area contributed by atoms with Crippen molar-refractivity contribution in [2.75, 3.05) is 12.0 Å². The summed E-state index contributed by atoms with van der Waals surface area (Å²) in [5.41, 5.74) is 2.30.